The van der Waals surface area contributed by atoms with E-state index in [1.165, 1.54) is 11.8 Å². The van der Waals surface area contributed by atoms with Crippen molar-refractivity contribution in [2.45, 2.75) is 4.90 Å². The topological polar surface area (TPSA) is 110 Å². The molecule has 0 unspecified atom stereocenters. The summed E-state index contributed by atoms with van der Waals surface area (Å²) >= 11 is 1.39. The minimum atomic E-state index is -3.85. The number of thioether (sulfide) groups is 1. The molecule has 0 saturated carbocycles. The number of benzene rings is 1. The van der Waals surface area contributed by atoms with Crippen molar-refractivity contribution in [1.82, 2.24) is 4.72 Å². The fourth-order valence-electron chi connectivity index (χ4n) is 1.28. The van der Waals surface area contributed by atoms with E-state index in [-0.39, 0.29) is 11.4 Å². The molecule has 0 heterocycles. The van der Waals surface area contributed by atoms with E-state index in [0.29, 0.717) is 11.5 Å². The van der Waals surface area contributed by atoms with Crippen LogP contribution in [0, 0.1) is 22.5 Å². The molecular weight excluding hydrogens is 304 g/mol. The Morgan fingerprint density at radius 1 is 1.50 bits per heavy atom. The molecule has 0 aromatic heterocycles. The number of sulfonamides is 1. The summed E-state index contributed by atoms with van der Waals surface area (Å²) in [6.45, 7) is 0.156. The van der Waals surface area contributed by atoms with Gasteiger partial charge in [-0.25, -0.2) is 13.1 Å². The summed E-state index contributed by atoms with van der Waals surface area (Å²) in [4.78, 5) is 9.52. The Morgan fingerprint density at radius 2 is 2.20 bits per heavy atom. The van der Waals surface area contributed by atoms with Crippen LogP contribution in [-0.4, -0.2) is 36.5 Å². The number of nitro benzene ring substituents is 1. The maximum Gasteiger partial charge on any atom is 0.312 e. The van der Waals surface area contributed by atoms with E-state index in [2.05, 4.69) is 10.6 Å². The van der Waals surface area contributed by atoms with Crippen molar-refractivity contribution in [3.8, 4) is 18.1 Å². The number of aromatic hydroxyl groups is 1. The fraction of sp³-hybridized carbons (Fsp3) is 0.273. The highest BCUT2D eigenvalue weighted by atomic mass is 32.2. The van der Waals surface area contributed by atoms with Gasteiger partial charge < -0.3 is 5.11 Å². The summed E-state index contributed by atoms with van der Waals surface area (Å²) in [5, 5.41) is 19.9. The van der Waals surface area contributed by atoms with E-state index in [4.69, 9.17) is 6.42 Å². The Morgan fingerprint density at radius 3 is 2.80 bits per heavy atom. The van der Waals surface area contributed by atoms with Crippen LogP contribution >= 0.6 is 11.8 Å². The van der Waals surface area contributed by atoms with Gasteiger partial charge in [0.1, 0.15) is 0 Å². The van der Waals surface area contributed by atoms with Crippen molar-refractivity contribution in [3.63, 3.8) is 0 Å². The lowest BCUT2D eigenvalue weighted by atomic mass is 10.3. The molecule has 0 bridgehead atoms. The Hall–Kier alpha value is -1.76. The zero-order valence-electron chi connectivity index (χ0n) is 10.3. The molecule has 0 saturated heterocycles. The third-order valence-electron chi connectivity index (χ3n) is 2.18. The van der Waals surface area contributed by atoms with Crippen LogP contribution in [0.3, 0.4) is 0 Å². The minimum absolute atomic E-state index is 0.156. The highest BCUT2D eigenvalue weighted by Gasteiger charge is 2.20. The summed E-state index contributed by atoms with van der Waals surface area (Å²) in [5.74, 6) is 2.79. The molecule has 1 aromatic carbocycles. The molecule has 1 aromatic rings. The molecule has 20 heavy (non-hydrogen) atoms. The molecule has 9 heteroatoms. The zero-order chi connectivity index (χ0) is 15.2. The molecule has 7 nitrogen and oxygen atoms in total. The van der Waals surface area contributed by atoms with Crippen molar-refractivity contribution in [1.29, 1.82) is 0 Å². The molecular formula is C11H12N2O5S2. The molecule has 0 radical (unpaired) electrons. The average molecular weight is 316 g/mol. The summed E-state index contributed by atoms with van der Waals surface area (Å²) in [7, 11) is -3.85. The van der Waals surface area contributed by atoms with Crippen molar-refractivity contribution >= 4 is 27.5 Å². The first-order valence-corrected chi connectivity index (χ1v) is 8.00. The van der Waals surface area contributed by atoms with Crippen LogP contribution in [0.2, 0.25) is 0 Å². The molecule has 0 aliphatic rings. The van der Waals surface area contributed by atoms with Gasteiger partial charge in [0.2, 0.25) is 10.0 Å². The van der Waals surface area contributed by atoms with Crippen molar-refractivity contribution in [2.24, 2.45) is 0 Å². The van der Waals surface area contributed by atoms with Crippen LogP contribution in [0.5, 0.6) is 5.75 Å². The Balaban J connectivity index is 2.80. The lowest BCUT2D eigenvalue weighted by Gasteiger charge is -2.06. The maximum atomic E-state index is 11.9. The van der Waals surface area contributed by atoms with Gasteiger partial charge in [-0.05, 0) is 12.1 Å². The Bertz CT molecular complexity index is 637. The molecule has 0 spiro atoms. The first-order chi connectivity index (χ1) is 9.38. The number of hydrogen-bond donors (Lipinski definition) is 2. The summed E-state index contributed by atoms with van der Waals surface area (Å²) in [6, 6.07) is 2.88. The molecule has 0 atom stereocenters. The van der Waals surface area contributed by atoms with Crippen LogP contribution in [0.25, 0.3) is 0 Å². The molecule has 0 fully saturated rings. The Kier molecular flexibility index (Phi) is 5.82. The van der Waals surface area contributed by atoms with Crippen LogP contribution in [0.4, 0.5) is 5.69 Å². The van der Waals surface area contributed by atoms with Gasteiger partial charge in [-0.3, -0.25) is 10.1 Å². The summed E-state index contributed by atoms with van der Waals surface area (Å²) in [5.41, 5.74) is -0.658. The third-order valence-corrected chi connectivity index (χ3v) is 4.50. The monoisotopic (exact) mass is 316 g/mol. The van der Waals surface area contributed by atoms with Gasteiger partial charge in [-0.1, -0.05) is 5.92 Å². The second-order valence-corrected chi connectivity index (χ2v) is 6.43. The van der Waals surface area contributed by atoms with Gasteiger partial charge in [-0.15, -0.1) is 18.2 Å². The lowest BCUT2D eigenvalue weighted by molar-refractivity contribution is -0.386. The third kappa shape index (κ3) is 4.41. The lowest BCUT2D eigenvalue weighted by Crippen LogP contribution is -2.26. The molecule has 2 N–H and O–H groups in total. The smallest absolute Gasteiger partial charge is 0.312 e. The normalized spacial score (nSPS) is 10.9. The number of rotatable bonds is 7. The van der Waals surface area contributed by atoms with Crippen molar-refractivity contribution in [3.05, 3.63) is 28.3 Å². The number of hydrogen-bond acceptors (Lipinski definition) is 6. The quantitative estimate of drug-likeness (QED) is 0.335. The second kappa shape index (κ2) is 7.14. The van der Waals surface area contributed by atoms with E-state index in [9.17, 15) is 23.6 Å². The fourth-order valence-corrected chi connectivity index (χ4v) is 2.97. The second-order valence-electron chi connectivity index (χ2n) is 3.56. The average Bonchev–Trinajstić information content (AvgIpc) is 2.38. The number of nitrogens with one attached hydrogen (secondary N) is 1. The van der Waals surface area contributed by atoms with Gasteiger partial charge in [0.15, 0.2) is 5.75 Å². The number of nitro groups is 1. The van der Waals surface area contributed by atoms with Crippen LogP contribution in [0.1, 0.15) is 0 Å². The highest BCUT2D eigenvalue weighted by Crippen LogP contribution is 2.28. The SMILES string of the molecule is C#CCSCCNS(=O)(=O)c1ccc(O)c([N+](=O)[O-])c1. The number of phenolic OH excluding ortho intramolecular Hbond substituents is 1. The first kappa shape index (κ1) is 16.3. The highest BCUT2D eigenvalue weighted by molar-refractivity contribution is 7.99. The zero-order valence-corrected chi connectivity index (χ0v) is 11.9. The first-order valence-electron chi connectivity index (χ1n) is 5.37. The molecule has 108 valence electrons. The number of nitrogens with zero attached hydrogens (tertiary/aromatic N) is 1. The van der Waals surface area contributed by atoms with Crippen molar-refractivity contribution in [2.75, 3.05) is 18.1 Å². The summed E-state index contributed by atoms with van der Waals surface area (Å²) < 4.78 is 26.1. The largest absolute Gasteiger partial charge is 0.502 e. The number of terminal acetylenes is 1. The maximum absolute atomic E-state index is 11.9. The predicted molar refractivity (Wildman–Crippen MR) is 76.1 cm³/mol. The van der Waals surface area contributed by atoms with Gasteiger partial charge in [-0.2, -0.15) is 0 Å². The van der Waals surface area contributed by atoms with E-state index in [0.717, 1.165) is 18.2 Å². The molecule has 0 amide bonds. The van der Waals surface area contributed by atoms with E-state index in [1.54, 1.807) is 0 Å². The van der Waals surface area contributed by atoms with Crippen LogP contribution < -0.4 is 4.72 Å². The van der Waals surface area contributed by atoms with Crippen LogP contribution in [0.15, 0.2) is 23.1 Å². The van der Waals surface area contributed by atoms with Gasteiger partial charge in [0.25, 0.3) is 0 Å². The van der Waals surface area contributed by atoms with Gasteiger partial charge >= 0.3 is 5.69 Å². The van der Waals surface area contributed by atoms with Gasteiger partial charge in [0, 0.05) is 18.4 Å². The van der Waals surface area contributed by atoms with Crippen molar-refractivity contribution < 1.29 is 18.4 Å². The van der Waals surface area contributed by atoms with E-state index < -0.39 is 26.4 Å². The van der Waals surface area contributed by atoms with Gasteiger partial charge in [0.05, 0.1) is 15.6 Å². The molecule has 0 aliphatic carbocycles. The molecule has 0 aliphatic heterocycles. The molecule has 1 rings (SSSR count). The standard InChI is InChI=1S/C11H12N2O5S2/c1-2-6-19-7-5-12-20(17,18)9-3-4-11(14)10(8-9)13(15)16/h1,3-4,8,12,14H,5-7H2. The summed E-state index contributed by atoms with van der Waals surface area (Å²) in [6.07, 6.45) is 5.05. The van der Waals surface area contributed by atoms with Crippen LogP contribution in [-0.2, 0) is 10.0 Å². The number of phenols is 1. The van der Waals surface area contributed by atoms with E-state index in [1.807, 2.05) is 0 Å². The minimum Gasteiger partial charge on any atom is -0.502 e. The van der Waals surface area contributed by atoms with E-state index >= 15 is 0 Å². The predicted octanol–water partition coefficient (Wildman–Crippen LogP) is 0.945. The Labute approximate surface area is 120 Å².